The summed E-state index contributed by atoms with van der Waals surface area (Å²) in [6.45, 7) is 0. The summed E-state index contributed by atoms with van der Waals surface area (Å²) < 4.78 is 0. The summed E-state index contributed by atoms with van der Waals surface area (Å²) in [6, 6.07) is 2.67. The number of guanidine groups is 1. The summed E-state index contributed by atoms with van der Waals surface area (Å²) in [6.07, 6.45) is 6.46. The van der Waals surface area contributed by atoms with Gasteiger partial charge in [0.15, 0.2) is 0 Å². The molecule has 110 valence electrons. The van der Waals surface area contributed by atoms with E-state index in [4.69, 9.17) is 5.73 Å². The summed E-state index contributed by atoms with van der Waals surface area (Å²) in [5.74, 6) is 0.609. The Morgan fingerprint density at radius 2 is 1.95 bits per heavy atom. The van der Waals surface area contributed by atoms with Crippen LogP contribution in [-0.4, -0.2) is 37.2 Å². The van der Waals surface area contributed by atoms with E-state index in [0.717, 1.165) is 0 Å². The number of aromatic hydroxyl groups is 2. The summed E-state index contributed by atoms with van der Waals surface area (Å²) >= 11 is 0. The van der Waals surface area contributed by atoms with Crippen molar-refractivity contribution in [3.63, 3.8) is 0 Å². The number of nitrogens with zero attached hydrogens (tertiary/aromatic N) is 5. The Balaban J connectivity index is 1.96. The fourth-order valence-electron chi connectivity index (χ4n) is 2.99. The number of aliphatic imine (C=N–C) groups is 1. The van der Waals surface area contributed by atoms with Gasteiger partial charge in [0.2, 0.25) is 5.96 Å². The van der Waals surface area contributed by atoms with Gasteiger partial charge in [-0.15, -0.1) is 0 Å². The predicted octanol–water partition coefficient (Wildman–Crippen LogP) is 0.445. The first-order valence-electron chi connectivity index (χ1n) is 6.66. The van der Waals surface area contributed by atoms with Crippen molar-refractivity contribution in [1.82, 2.24) is 15.0 Å². The minimum atomic E-state index is -0.331. The Bertz CT molecular complexity index is 819. The number of anilines is 1. The van der Waals surface area contributed by atoms with E-state index in [1.807, 2.05) is 6.08 Å². The smallest absolute Gasteiger partial charge is 0.314 e. The van der Waals surface area contributed by atoms with E-state index in [0.29, 0.717) is 23.0 Å². The lowest BCUT2D eigenvalue weighted by molar-refractivity contribution is 0.425. The molecule has 8 heteroatoms. The molecule has 22 heavy (non-hydrogen) atoms. The molecule has 2 unspecified atom stereocenters. The molecule has 0 fully saturated rings. The molecule has 0 aliphatic carbocycles. The van der Waals surface area contributed by atoms with Crippen molar-refractivity contribution in [2.75, 3.05) is 4.90 Å². The second-order valence-corrected chi connectivity index (χ2v) is 5.02. The highest BCUT2D eigenvalue weighted by molar-refractivity contribution is 5.99. The van der Waals surface area contributed by atoms with Crippen LogP contribution in [0.2, 0.25) is 0 Å². The van der Waals surface area contributed by atoms with Crippen LogP contribution in [0, 0.1) is 0 Å². The van der Waals surface area contributed by atoms with Gasteiger partial charge in [0.25, 0.3) is 0 Å². The summed E-state index contributed by atoms with van der Waals surface area (Å²) in [5, 5.41) is 19.8. The average Bonchev–Trinajstić information content (AvgIpc) is 2.84. The number of rotatable bonds is 1. The van der Waals surface area contributed by atoms with Gasteiger partial charge in [-0.25, -0.2) is 15.0 Å². The van der Waals surface area contributed by atoms with Crippen LogP contribution in [0.3, 0.4) is 0 Å². The molecule has 2 aromatic heterocycles. The third-order valence-corrected chi connectivity index (χ3v) is 3.84. The molecule has 0 bridgehead atoms. The zero-order valence-electron chi connectivity index (χ0n) is 11.3. The molecule has 0 saturated heterocycles. The van der Waals surface area contributed by atoms with Crippen LogP contribution in [-0.2, 0) is 0 Å². The van der Waals surface area contributed by atoms with Gasteiger partial charge in [0, 0.05) is 24.2 Å². The van der Waals surface area contributed by atoms with Crippen LogP contribution in [0.5, 0.6) is 11.8 Å². The predicted molar refractivity (Wildman–Crippen MR) is 78.5 cm³/mol. The molecule has 0 aromatic carbocycles. The van der Waals surface area contributed by atoms with Gasteiger partial charge >= 0.3 is 6.01 Å². The molecule has 4 rings (SSSR count). The van der Waals surface area contributed by atoms with Gasteiger partial charge in [-0.1, -0.05) is 0 Å². The maximum absolute atomic E-state index is 10.3. The molecule has 4 heterocycles. The Morgan fingerprint density at radius 1 is 1.14 bits per heavy atom. The van der Waals surface area contributed by atoms with E-state index in [2.05, 4.69) is 19.9 Å². The minimum absolute atomic E-state index is 0.101. The van der Waals surface area contributed by atoms with Crippen molar-refractivity contribution in [2.45, 2.75) is 12.0 Å². The average molecular weight is 296 g/mol. The summed E-state index contributed by atoms with van der Waals surface area (Å²) in [4.78, 5) is 17.9. The van der Waals surface area contributed by atoms with E-state index in [-0.39, 0.29) is 23.7 Å². The van der Waals surface area contributed by atoms with Gasteiger partial charge in [0.05, 0.1) is 17.7 Å². The molecule has 2 aromatic rings. The number of pyridine rings is 1. The molecule has 0 saturated carbocycles. The lowest BCUT2D eigenvalue weighted by atomic mass is 9.91. The fourth-order valence-corrected chi connectivity index (χ4v) is 2.99. The summed E-state index contributed by atoms with van der Waals surface area (Å²) in [5.41, 5.74) is 7.16. The monoisotopic (exact) mass is 296 g/mol. The van der Waals surface area contributed by atoms with Gasteiger partial charge in [-0.05, 0) is 18.2 Å². The zero-order valence-corrected chi connectivity index (χ0v) is 11.3. The highest BCUT2D eigenvalue weighted by atomic mass is 16.3. The standard InChI is InChI=1S/C14H12N6O2/c15-13-17-5-2-8-10(7-1-4-18-14(22)19-7)11-9(21)3-6-16-12(11)20(8)13/h1-6,8,10H,(H2,15,17)(H,16,21)(H,18,19,22). The number of hydrogen-bond acceptors (Lipinski definition) is 8. The highest BCUT2D eigenvalue weighted by Crippen LogP contribution is 2.48. The largest absolute Gasteiger partial charge is 0.507 e. The molecule has 4 N–H and O–H groups in total. The topological polar surface area (TPSA) is 121 Å². The first-order chi connectivity index (χ1) is 10.7. The quantitative estimate of drug-likeness (QED) is 0.698. The number of nitrogens with two attached hydrogens (primary N) is 1. The molecule has 0 amide bonds. The van der Waals surface area contributed by atoms with Gasteiger partial charge in [-0.3, -0.25) is 4.90 Å². The van der Waals surface area contributed by atoms with E-state index in [1.165, 1.54) is 18.5 Å². The van der Waals surface area contributed by atoms with Crippen molar-refractivity contribution in [2.24, 2.45) is 10.7 Å². The molecular weight excluding hydrogens is 284 g/mol. The van der Waals surface area contributed by atoms with Crippen LogP contribution in [0.15, 0.2) is 41.8 Å². The van der Waals surface area contributed by atoms with E-state index in [9.17, 15) is 10.2 Å². The fraction of sp³-hybridized carbons (Fsp3) is 0.143. The highest BCUT2D eigenvalue weighted by Gasteiger charge is 2.44. The molecule has 0 radical (unpaired) electrons. The second-order valence-electron chi connectivity index (χ2n) is 5.02. The molecule has 8 nitrogen and oxygen atoms in total. The van der Waals surface area contributed by atoms with Crippen molar-refractivity contribution < 1.29 is 10.2 Å². The van der Waals surface area contributed by atoms with E-state index in [1.54, 1.807) is 17.2 Å². The van der Waals surface area contributed by atoms with E-state index < -0.39 is 0 Å². The normalized spacial score (nSPS) is 22.2. The van der Waals surface area contributed by atoms with E-state index >= 15 is 0 Å². The Labute approximate surface area is 125 Å². The van der Waals surface area contributed by atoms with Crippen molar-refractivity contribution in [3.8, 4) is 11.8 Å². The number of fused-ring (bicyclic) bond motifs is 3. The van der Waals surface area contributed by atoms with Gasteiger partial charge < -0.3 is 15.9 Å². The Morgan fingerprint density at radius 3 is 2.77 bits per heavy atom. The van der Waals surface area contributed by atoms with Crippen molar-refractivity contribution in [1.29, 1.82) is 0 Å². The minimum Gasteiger partial charge on any atom is -0.507 e. The SMILES string of the molecule is NC1=NC=CC2C(c3ccnc(O)n3)c3c(O)ccnc3N12. The first kappa shape index (κ1) is 12.6. The third kappa shape index (κ3) is 1.63. The number of aromatic nitrogens is 3. The maximum atomic E-state index is 10.3. The molecular formula is C14H12N6O2. The van der Waals surface area contributed by atoms with Gasteiger partial charge in [-0.2, -0.15) is 4.98 Å². The van der Waals surface area contributed by atoms with Crippen molar-refractivity contribution >= 4 is 11.8 Å². The first-order valence-corrected chi connectivity index (χ1v) is 6.66. The van der Waals surface area contributed by atoms with Crippen LogP contribution in [0.4, 0.5) is 5.82 Å². The Hall–Kier alpha value is -3.16. The lowest BCUT2D eigenvalue weighted by Gasteiger charge is -2.27. The molecule has 2 aliphatic heterocycles. The van der Waals surface area contributed by atoms with Crippen LogP contribution >= 0.6 is 0 Å². The number of hydrogen-bond donors (Lipinski definition) is 3. The maximum Gasteiger partial charge on any atom is 0.314 e. The van der Waals surface area contributed by atoms with Crippen LogP contribution < -0.4 is 10.6 Å². The second kappa shape index (κ2) is 4.42. The molecule has 2 aliphatic rings. The lowest BCUT2D eigenvalue weighted by Crippen LogP contribution is -2.44. The Kier molecular flexibility index (Phi) is 2.52. The molecule has 0 spiro atoms. The summed E-state index contributed by atoms with van der Waals surface area (Å²) in [7, 11) is 0. The third-order valence-electron chi connectivity index (χ3n) is 3.84. The van der Waals surface area contributed by atoms with Gasteiger partial charge in [0.1, 0.15) is 11.6 Å². The zero-order chi connectivity index (χ0) is 15.3. The van der Waals surface area contributed by atoms with Crippen LogP contribution in [0.25, 0.3) is 0 Å². The van der Waals surface area contributed by atoms with Crippen molar-refractivity contribution in [3.05, 3.63) is 48.1 Å². The van der Waals surface area contributed by atoms with Crippen LogP contribution in [0.1, 0.15) is 17.2 Å². The molecule has 2 atom stereocenters.